The Morgan fingerprint density at radius 2 is 1.85 bits per heavy atom. The lowest BCUT2D eigenvalue weighted by atomic mass is 10.1. The van der Waals surface area contributed by atoms with Crippen LogP contribution < -0.4 is 5.43 Å². The van der Waals surface area contributed by atoms with E-state index in [1.54, 1.807) is 23.9 Å². The zero-order chi connectivity index (χ0) is 23.7. The minimum Gasteiger partial charge on any atom is -0.283 e. The predicted molar refractivity (Wildman–Crippen MR) is 145 cm³/mol. The van der Waals surface area contributed by atoms with Crippen LogP contribution in [0.3, 0.4) is 0 Å². The van der Waals surface area contributed by atoms with Crippen LogP contribution >= 0.6 is 50.9 Å². The number of hydrogen-bond acceptors (Lipinski definition) is 4. The lowest BCUT2D eigenvalue weighted by Gasteiger charge is -2.26. The predicted octanol–water partition coefficient (Wildman–Crippen LogP) is 6.86. The van der Waals surface area contributed by atoms with Gasteiger partial charge in [-0.3, -0.25) is 10.2 Å². The molecule has 1 amide bonds. The molecular weight excluding hydrogens is 555 g/mol. The normalized spacial score (nSPS) is 17.6. The molecular formula is C25H23BrCl2N4OS. The summed E-state index contributed by atoms with van der Waals surface area (Å²) in [6.45, 7) is 1.71. The van der Waals surface area contributed by atoms with Gasteiger partial charge in [-0.15, -0.1) is 11.8 Å². The van der Waals surface area contributed by atoms with Crippen molar-refractivity contribution in [1.82, 2.24) is 20.2 Å². The highest BCUT2D eigenvalue weighted by Gasteiger charge is 2.30. The number of benzene rings is 2. The molecule has 1 N–H and O–H groups in total. The lowest BCUT2D eigenvalue weighted by molar-refractivity contribution is 0.0744. The van der Waals surface area contributed by atoms with Crippen molar-refractivity contribution in [1.29, 1.82) is 0 Å². The summed E-state index contributed by atoms with van der Waals surface area (Å²) in [7, 11) is 0. The zero-order valence-corrected chi connectivity index (χ0v) is 22.3. The van der Waals surface area contributed by atoms with E-state index in [0.29, 0.717) is 21.4 Å². The van der Waals surface area contributed by atoms with E-state index in [4.69, 9.17) is 28.3 Å². The van der Waals surface area contributed by atoms with Gasteiger partial charge >= 0.3 is 0 Å². The highest BCUT2D eigenvalue weighted by atomic mass is 79.9. The molecule has 5 rings (SSSR count). The van der Waals surface area contributed by atoms with E-state index in [2.05, 4.69) is 39.6 Å². The van der Waals surface area contributed by atoms with Crippen molar-refractivity contribution >= 4 is 67.8 Å². The summed E-state index contributed by atoms with van der Waals surface area (Å²) in [6, 6.07) is 13.5. The quantitative estimate of drug-likeness (QED) is 0.368. The maximum Gasteiger partial charge on any atom is 0.286 e. The fraction of sp³-hybridized carbons (Fsp3) is 0.280. The van der Waals surface area contributed by atoms with Crippen molar-refractivity contribution in [2.75, 3.05) is 18.8 Å². The topological polar surface area (TPSA) is 50.2 Å². The molecule has 0 bridgehead atoms. The first-order chi connectivity index (χ1) is 16.5. The van der Waals surface area contributed by atoms with Gasteiger partial charge in [0.25, 0.3) is 5.91 Å². The van der Waals surface area contributed by atoms with Crippen LogP contribution in [-0.4, -0.2) is 39.5 Å². The Morgan fingerprint density at radius 3 is 2.59 bits per heavy atom. The molecule has 9 heteroatoms. The number of carbonyl (C=O) groups excluding carboxylic acids is 1. The minimum atomic E-state index is -0.189. The number of nitrogens with zero attached hydrogens (tertiary/aromatic N) is 3. The molecule has 1 fully saturated rings. The summed E-state index contributed by atoms with van der Waals surface area (Å²) in [4.78, 5) is 14.5. The van der Waals surface area contributed by atoms with E-state index >= 15 is 0 Å². The number of nitrogens with one attached hydrogen (secondary N) is 1. The van der Waals surface area contributed by atoms with Crippen molar-refractivity contribution < 1.29 is 4.79 Å². The van der Waals surface area contributed by atoms with Crippen molar-refractivity contribution in [3.63, 3.8) is 0 Å². The Morgan fingerprint density at radius 1 is 1.09 bits per heavy atom. The first-order valence-electron chi connectivity index (χ1n) is 11.2. The Kier molecular flexibility index (Phi) is 7.37. The number of thioether (sulfide) groups is 1. The largest absolute Gasteiger partial charge is 0.286 e. The maximum absolute atomic E-state index is 13.5. The van der Waals surface area contributed by atoms with E-state index < -0.39 is 0 Å². The van der Waals surface area contributed by atoms with Gasteiger partial charge < -0.3 is 0 Å². The van der Waals surface area contributed by atoms with E-state index in [1.165, 1.54) is 6.42 Å². The number of hydrogen-bond donors (Lipinski definition) is 1. The second-order valence-electron chi connectivity index (χ2n) is 8.33. The highest BCUT2D eigenvalue weighted by molar-refractivity contribution is 9.10. The van der Waals surface area contributed by atoms with E-state index in [0.717, 1.165) is 64.3 Å². The molecule has 2 aliphatic rings. The fourth-order valence-corrected chi connectivity index (χ4v) is 6.16. The average molecular weight is 578 g/mol. The zero-order valence-electron chi connectivity index (χ0n) is 18.4. The second kappa shape index (κ2) is 10.5. The number of carbonyl (C=O) groups is 1. The Bertz CT molecular complexity index is 1250. The van der Waals surface area contributed by atoms with Crippen LogP contribution in [0.1, 0.15) is 46.6 Å². The summed E-state index contributed by atoms with van der Waals surface area (Å²) in [5.41, 5.74) is 7.15. The van der Waals surface area contributed by atoms with Gasteiger partial charge in [-0.05, 0) is 61.2 Å². The summed E-state index contributed by atoms with van der Waals surface area (Å²) < 4.78 is 2.84. The van der Waals surface area contributed by atoms with Gasteiger partial charge in [-0.1, -0.05) is 57.7 Å². The number of hydrazine groups is 1. The number of aromatic nitrogens is 2. The molecule has 0 aliphatic carbocycles. The molecule has 0 unspecified atom stereocenters. The first-order valence-corrected chi connectivity index (χ1v) is 13.8. The molecule has 3 heterocycles. The molecule has 34 heavy (non-hydrogen) atoms. The maximum atomic E-state index is 13.5. The van der Waals surface area contributed by atoms with Crippen molar-refractivity contribution in [2.45, 2.75) is 25.7 Å². The fourth-order valence-electron chi connectivity index (χ4n) is 4.31. The molecule has 0 spiro atoms. The van der Waals surface area contributed by atoms with Gasteiger partial charge in [0.1, 0.15) is 0 Å². The molecule has 176 valence electrons. The number of amides is 1. The van der Waals surface area contributed by atoms with Gasteiger partial charge in [-0.25, -0.2) is 9.69 Å². The van der Waals surface area contributed by atoms with Gasteiger partial charge in [0.05, 0.1) is 16.4 Å². The molecule has 1 saturated heterocycles. The second-order valence-corrected chi connectivity index (χ2v) is 11.2. The smallest absolute Gasteiger partial charge is 0.283 e. The standard InChI is InChI=1S/C25H23BrCl2N4OS/c26-17-6-4-16(5-7-17)14-22-23-21(10-13-34-22)32(20-9-8-18(27)15-19(20)28)29-24(23)25(33)30-31-11-2-1-3-12-31/h4-9,14-15H,1-3,10-13H2,(H,30,33)/b22-14-. The number of rotatable bonds is 4. The van der Waals surface area contributed by atoms with Gasteiger partial charge in [0.2, 0.25) is 0 Å². The molecule has 2 aliphatic heterocycles. The highest BCUT2D eigenvalue weighted by Crippen LogP contribution is 2.41. The van der Waals surface area contributed by atoms with Crippen LogP contribution in [0, 0.1) is 0 Å². The van der Waals surface area contributed by atoms with Crippen molar-refractivity contribution in [3.8, 4) is 5.69 Å². The molecule has 2 aromatic carbocycles. The third-order valence-corrected chi connectivity index (χ3v) is 8.07. The molecule has 5 nitrogen and oxygen atoms in total. The summed E-state index contributed by atoms with van der Waals surface area (Å²) in [5.74, 6) is 0.700. The van der Waals surface area contributed by atoms with Crippen LogP contribution in [0.5, 0.6) is 0 Å². The third kappa shape index (κ3) is 5.09. The molecule has 1 aromatic heterocycles. The van der Waals surface area contributed by atoms with Crippen LogP contribution in [0.25, 0.3) is 16.7 Å². The molecule has 0 radical (unpaired) electrons. The summed E-state index contributed by atoms with van der Waals surface area (Å²) in [6.07, 6.45) is 6.26. The van der Waals surface area contributed by atoms with Crippen molar-refractivity contribution in [2.24, 2.45) is 0 Å². The average Bonchev–Trinajstić information content (AvgIpc) is 3.22. The number of piperidine rings is 1. The molecule has 3 aromatic rings. The Balaban J connectivity index is 1.61. The van der Waals surface area contributed by atoms with E-state index in [1.807, 2.05) is 27.9 Å². The molecule has 0 atom stereocenters. The number of halogens is 3. The van der Waals surface area contributed by atoms with Crippen LogP contribution in [0.4, 0.5) is 0 Å². The van der Waals surface area contributed by atoms with Crippen LogP contribution in [0.15, 0.2) is 46.9 Å². The van der Waals surface area contributed by atoms with Crippen LogP contribution in [0.2, 0.25) is 10.0 Å². The van der Waals surface area contributed by atoms with Gasteiger partial charge in [-0.2, -0.15) is 5.10 Å². The first kappa shape index (κ1) is 23.9. The Labute approximate surface area is 221 Å². The van der Waals surface area contributed by atoms with Crippen LogP contribution in [-0.2, 0) is 6.42 Å². The summed E-state index contributed by atoms with van der Waals surface area (Å²) >= 11 is 17.9. The van der Waals surface area contributed by atoms with E-state index in [9.17, 15) is 4.79 Å². The summed E-state index contributed by atoms with van der Waals surface area (Å²) in [5, 5.41) is 7.87. The Hall–Kier alpha value is -1.77. The molecule has 0 saturated carbocycles. The van der Waals surface area contributed by atoms with Gasteiger partial charge in [0, 0.05) is 38.8 Å². The minimum absolute atomic E-state index is 0.189. The SMILES string of the molecule is O=C(NN1CCCCC1)c1nn(-c2ccc(Cl)cc2Cl)c2c1/C(=C/c1ccc(Br)cc1)SCC2. The van der Waals surface area contributed by atoms with Gasteiger partial charge in [0.15, 0.2) is 5.69 Å². The monoisotopic (exact) mass is 576 g/mol. The third-order valence-electron chi connectivity index (χ3n) is 5.96. The van der Waals surface area contributed by atoms with E-state index in [-0.39, 0.29) is 5.91 Å². The lowest BCUT2D eigenvalue weighted by Crippen LogP contribution is -2.45. The number of fused-ring (bicyclic) bond motifs is 1. The van der Waals surface area contributed by atoms with Crippen molar-refractivity contribution in [3.05, 3.63) is 79.5 Å².